The Balaban J connectivity index is 2.93. The Morgan fingerprint density at radius 1 is 1.33 bits per heavy atom. The molecule has 0 radical (unpaired) electrons. The van der Waals surface area contributed by atoms with E-state index in [4.69, 9.17) is 33.5 Å². The molecular weight excluding hydrogens is 199 g/mol. The molecule has 0 unspecified atom stereocenters. The van der Waals surface area contributed by atoms with Crippen LogP contribution in [0.3, 0.4) is 0 Å². The highest BCUT2D eigenvalue weighted by Gasteiger charge is 2.10. The molecule has 0 aliphatic rings. The third-order valence-corrected chi connectivity index (χ3v) is 2.35. The average Bonchev–Trinajstić information content (AvgIpc) is 2.41. The van der Waals surface area contributed by atoms with E-state index in [-0.39, 0.29) is 0 Å². The molecule has 3 nitrogen and oxygen atoms in total. The minimum absolute atomic E-state index is 0.323. The Kier molecular flexibility index (Phi) is 1.63. The van der Waals surface area contributed by atoms with Gasteiger partial charge in [-0.05, 0) is 12.1 Å². The molecule has 2 aromatic rings. The van der Waals surface area contributed by atoms with Crippen molar-refractivity contribution in [1.82, 2.24) is 5.16 Å². The lowest BCUT2D eigenvalue weighted by Crippen LogP contribution is -1.82. The number of fused-ring (bicyclic) bond motifs is 1. The van der Waals surface area contributed by atoms with E-state index in [1.54, 1.807) is 12.1 Å². The predicted octanol–water partition coefficient (Wildman–Crippen LogP) is 2.72. The third kappa shape index (κ3) is 0.940. The van der Waals surface area contributed by atoms with Gasteiger partial charge in [-0.15, -0.1) is 0 Å². The highest BCUT2D eigenvalue weighted by molar-refractivity contribution is 6.45. The highest BCUT2D eigenvalue weighted by atomic mass is 35.5. The van der Waals surface area contributed by atoms with E-state index in [1.807, 2.05) is 0 Å². The number of halogens is 2. The van der Waals surface area contributed by atoms with Crippen LogP contribution in [0, 0.1) is 0 Å². The largest absolute Gasteiger partial charge is 0.380 e. The van der Waals surface area contributed by atoms with Crippen LogP contribution in [0.4, 0.5) is 5.82 Å². The average molecular weight is 203 g/mol. The van der Waals surface area contributed by atoms with E-state index in [1.165, 1.54) is 0 Å². The molecule has 0 aliphatic heterocycles. The molecule has 0 atom stereocenters. The van der Waals surface area contributed by atoms with Crippen molar-refractivity contribution >= 4 is 40.0 Å². The van der Waals surface area contributed by atoms with Gasteiger partial charge in [0.25, 0.3) is 0 Å². The standard InChI is InChI=1S/C7H4Cl2N2O/c8-4-2-1-3-6(5(4)9)12-11-7(3)10/h1-2H,(H2,10,11). The van der Waals surface area contributed by atoms with Gasteiger partial charge in [-0.1, -0.05) is 28.4 Å². The van der Waals surface area contributed by atoms with Crippen LogP contribution in [0.15, 0.2) is 16.7 Å². The quantitative estimate of drug-likeness (QED) is 0.715. The fourth-order valence-electron chi connectivity index (χ4n) is 0.967. The Morgan fingerprint density at radius 3 is 2.83 bits per heavy atom. The summed E-state index contributed by atoms with van der Waals surface area (Å²) >= 11 is 11.6. The van der Waals surface area contributed by atoms with Crippen LogP contribution in [-0.2, 0) is 0 Å². The summed E-state index contributed by atoms with van der Waals surface area (Å²) < 4.78 is 4.87. The Morgan fingerprint density at radius 2 is 2.08 bits per heavy atom. The van der Waals surface area contributed by atoms with Gasteiger partial charge in [-0.3, -0.25) is 0 Å². The fraction of sp³-hybridized carbons (Fsp3) is 0. The number of anilines is 1. The van der Waals surface area contributed by atoms with Crippen LogP contribution in [0.25, 0.3) is 11.0 Å². The van der Waals surface area contributed by atoms with Crippen molar-refractivity contribution in [3.05, 3.63) is 22.2 Å². The van der Waals surface area contributed by atoms with E-state index in [9.17, 15) is 0 Å². The van der Waals surface area contributed by atoms with Crippen molar-refractivity contribution in [1.29, 1.82) is 0 Å². The molecule has 5 heteroatoms. The van der Waals surface area contributed by atoms with Crippen LogP contribution in [-0.4, -0.2) is 5.16 Å². The van der Waals surface area contributed by atoms with Crippen molar-refractivity contribution in [2.75, 3.05) is 5.73 Å². The summed E-state index contributed by atoms with van der Waals surface area (Å²) in [6.07, 6.45) is 0. The van der Waals surface area contributed by atoms with Gasteiger partial charge >= 0.3 is 0 Å². The molecule has 1 heterocycles. The number of nitrogens with two attached hydrogens (primary N) is 1. The van der Waals surface area contributed by atoms with Gasteiger partial charge in [0, 0.05) is 0 Å². The molecular formula is C7H4Cl2N2O. The molecule has 1 aromatic carbocycles. The summed E-state index contributed by atoms with van der Waals surface area (Å²) in [4.78, 5) is 0. The van der Waals surface area contributed by atoms with Gasteiger partial charge in [0.05, 0.1) is 10.4 Å². The van der Waals surface area contributed by atoms with Gasteiger partial charge in [0.15, 0.2) is 11.4 Å². The van der Waals surface area contributed by atoms with Crippen LogP contribution in [0.2, 0.25) is 10.0 Å². The summed E-state index contributed by atoms with van der Waals surface area (Å²) in [6.45, 7) is 0. The first kappa shape index (κ1) is 7.71. The normalized spacial score (nSPS) is 10.8. The lowest BCUT2D eigenvalue weighted by Gasteiger charge is -1.93. The maximum absolute atomic E-state index is 5.82. The second-order valence-electron chi connectivity index (χ2n) is 2.31. The second kappa shape index (κ2) is 2.54. The molecule has 0 aliphatic carbocycles. The van der Waals surface area contributed by atoms with Gasteiger partial charge < -0.3 is 10.3 Å². The maximum atomic E-state index is 5.82. The van der Waals surface area contributed by atoms with Gasteiger partial charge in [0.2, 0.25) is 0 Å². The van der Waals surface area contributed by atoms with Crippen molar-refractivity contribution in [2.45, 2.75) is 0 Å². The molecule has 0 fully saturated rings. The summed E-state index contributed by atoms with van der Waals surface area (Å²) in [5.74, 6) is 0.323. The number of benzene rings is 1. The summed E-state index contributed by atoms with van der Waals surface area (Å²) in [5, 5.41) is 5.02. The van der Waals surface area contributed by atoms with Crippen molar-refractivity contribution < 1.29 is 4.52 Å². The third-order valence-electron chi connectivity index (χ3n) is 1.56. The number of hydrogen-bond acceptors (Lipinski definition) is 3. The fourth-order valence-corrected chi connectivity index (χ4v) is 1.32. The Hall–Kier alpha value is -0.930. The topological polar surface area (TPSA) is 52.0 Å². The van der Waals surface area contributed by atoms with Crippen LogP contribution >= 0.6 is 23.2 Å². The number of rotatable bonds is 0. The number of nitrogen functional groups attached to an aromatic ring is 1. The van der Waals surface area contributed by atoms with E-state index in [0.29, 0.717) is 26.8 Å². The Bertz CT molecular complexity index is 438. The number of aromatic nitrogens is 1. The first-order valence-electron chi connectivity index (χ1n) is 3.19. The molecule has 0 saturated carbocycles. The van der Waals surface area contributed by atoms with E-state index in [2.05, 4.69) is 5.16 Å². The summed E-state index contributed by atoms with van der Waals surface area (Å²) in [7, 11) is 0. The zero-order valence-corrected chi connectivity index (χ0v) is 7.36. The molecule has 1 aromatic heterocycles. The molecule has 62 valence electrons. The van der Waals surface area contributed by atoms with E-state index < -0.39 is 0 Å². The van der Waals surface area contributed by atoms with Crippen molar-refractivity contribution in [2.24, 2.45) is 0 Å². The molecule has 0 saturated heterocycles. The summed E-state index contributed by atoms with van der Waals surface area (Å²) in [5.41, 5.74) is 5.92. The van der Waals surface area contributed by atoms with E-state index in [0.717, 1.165) is 0 Å². The number of nitrogens with zero attached hydrogens (tertiary/aromatic N) is 1. The molecule has 2 N–H and O–H groups in total. The molecule has 0 bridgehead atoms. The second-order valence-corrected chi connectivity index (χ2v) is 3.09. The maximum Gasteiger partial charge on any atom is 0.189 e. The van der Waals surface area contributed by atoms with E-state index >= 15 is 0 Å². The van der Waals surface area contributed by atoms with Gasteiger partial charge in [-0.2, -0.15) is 0 Å². The van der Waals surface area contributed by atoms with Crippen molar-refractivity contribution in [3.63, 3.8) is 0 Å². The first-order chi connectivity index (χ1) is 5.70. The van der Waals surface area contributed by atoms with Crippen molar-refractivity contribution in [3.8, 4) is 0 Å². The Labute approximate surface area is 78.0 Å². The molecule has 12 heavy (non-hydrogen) atoms. The monoisotopic (exact) mass is 202 g/mol. The summed E-state index contributed by atoms with van der Waals surface area (Å²) in [6, 6.07) is 3.37. The minimum atomic E-state index is 0.323. The predicted molar refractivity (Wildman–Crippen MR) is 48.4 cm³/mol. The first-order valence-corrected chi connectivity index (χ1v) is 3.94. The minimum Gasteiger partial charge on any atom is -0.380 e. The zero-order chi connectivity index (χ0) is 8.72. The smallest absolute Gasteiger partial charge is 0.189 e. The number of hydrogen-bond donors (Lipinski definition) is 1. The SMILES string of the molecule is Nc1noc2c(Cl)c(Cl)ccc12. The lowest BCUT2D eigenvalue weighted by atomic mass is 10.2. The van der Waals surface area contributed by atoms with Crippen LogP contribution in [0.1, 0.15) is 0 Å². The lowest BCUT2D eigenvalue weighted by molar-refractivity contribution is 0.460. The van der Waals surface area contributed by atoms with Crippen LogP contribution < -0.4 is 5.73 Å². The molecule has 0 spiro atoms. The zero-order valence-electron chi connectivity index (χ0n) is 5.84. The van der Waals surface area contributed by atoms with Gasteiger partial charge in [0.1, 0.15) is 5.02 Å². The van der Waals surface area contributed by atoms with Crippen LogP contribution in [0.5, 0.6) is 0 Å². The highest BCUT2D eigenvalue weighted by Crippen LogP contribution is 2.32. The molecule has 0 amide bonds. The molecule has 2 rings (SSSR count). The van der Waals surface area contributed by atoms with Gasteiger partial charge in [-0.25, -0.2) is 0 Å².